The van der Waals surface area contributed by atoms with Crippen molar-refractivity contribution in [3.8, 4) is 5.69 Å². The Morgan fingerprint density at radius 3 is 2.89 bits per heavy atom. The summed E-state index contributed by atoms with van der Waals surface area (Å²) in [6.45, 7) is 3.86. The molecule has 0 radical (unpaired) electrons. The molecule has 1 aromatic carbocycles. The van der Waals surface area contributed by atoms with E-state index in [4.69, 9.17) is 11.6 Å². The topological polar surface area (TPSA) is 30.7 Å². The van der Waals surface area contributed by atoms with Crippen molar-refractivity contribution in [2.24, 2.45) is 0 Å². The number of aryl methyl sites for hydroxylation is 1. The molecule has 18 heavy (non-hydrogen) atoms. The van der Waals surface area contributed by atoms with Crippen LogP contribution in [0.2, 0.25) is 0 Å². The number of hydrogen-bond donors (Lipinski definition) is 0. The first-order valence-electron chi connectivity index (χ1n) is 5.55. The van der Waals surface area contributed by atoms with Crippen molar-refractivity contribution in [2.75, 3.05) is 0 Å². The second-order valence-corrected chi connectivity index (χ2v) is 5.40. The highest BCUT2D eigenvalue weighted by Crippen LogP contribution is 2.25. The number of rotatable bonds is 3. The molecular weight excluding hydrogens is 321 g/mol. The van der Waals surface area contributed by atoms with Crippen LogP contribution in [-0.4, -0.2) is 15.0 Å². The molecule has 1 unspecified atom stereocenters. The average molecular weight is 333 g/mol. The summed E-state index contributed by atoms with van der Waals surface area (Å²) in [5.41, 5.74) is 2.26. The van der Waals surface area contributed by atoms with Crippen molar-refractivity contribution in [1.82, 2.24) is 15.0 Å². The molecule has 0 bridgehead atoms. The van der Waals surface area contributed by atoms with Crippen LogP contribution in [0.5, 0.6) is 0 Å². The minimum Gasteiger partial charge on any atom is -0.220 e. The predicted octanol–water partition coefficient (Wildman–Crippen LogP) is 4.17. The van der Waals surface area contributed by atoms with Gasteiger partial charge in [-0.3, -0.25) is 0 Å². The lowest BCUT2D eigenvalue weighted by molar-refractivity contribution is 0.617. The molecule has 2 aromatic rings. The van der Waals surface area contributed by atoms with E-state index in [-0.39, 0.29) is 11.2 Å². The Morgan fingerprint density at radius 1 is 1.50 bits per heavy atom. The van der Waals surface area contributed by atoms with Crippen molar-refractivity contribution in [1.29, 1.82) is 0 Å². The van der Waals surface area contributed by atoms with Crippen LogP contribution in [-0.2, 0) is 0 Å². The molecule has 1 atom stereocenters. The highest BCUT2D eigenvalue weighted by molar-refractivity contribution is 9.10. The van der Waals surface area contributed by atoms with Gasteiger partial charge >= 0.3 is 0 Å². The molecular formula is C12H12BrClFN3. The lowest BCUT2D eigenvalue weighted by Gasteiger charge is -2.06. The third-order valence-corrected chi connectivity index (χ3v) is 3.82. The highest BCUT2D eigenvalue weighted by Gasteiger charge is 2.13. The fourth-order valence-electron chi connectivity index (χ4n) is 1.63. The van der Waals surface area contributed by atoms with Gasteiger partial charge in [-0.05, 0) is 40.9 Å². The minimum atomic E-state index is -0.328. The van der Waals surface area contributed by atoms with Gasteiger partial charge in [-0.25, -0.2) is 9.07 Å². The number of benzene rings is 1. The Kier molecular flexibility index (Phi) is 4.02. The molecule has 0 saturated heterocycles. The van der Waals surface area contributed by atoms with Crippen LogP contribution in [0.25, 0.3) is 5.69 Å². The molecule has 0 saturated carbocycles. The molecule has 6 heteroatoms. The quantitative estimate of drug-likeness (QED) is 0.790. The summed E-state index contributed by atoms with van der Waals surface area (Å²) in [7, 11) is 0. The zero-order valence-electron chi connectivity index (χ0n) is 9.99. The maximum absolute atomic E-state index is 13.5. The molecule has 0 fully saturated rings. The van der Waals surface area contributed by atoms with Gasteiger partial charge in [0.2, 0.25) is 0 Å². The zero-order valence-corrected chi connectivity index (χ0v) is 12.3. The van der Waals surface area contributed by atoms with E-state index in [0.717, 1.165) is 12.0 Å². The van der Waals surface area contributed by atoms with Crippen LogP contribution in [0, 0.1) is 12.7 Å². The smallest absolute Gasteiger partial charge is 0.139 e. The molecule has 1 heterocycles. The van der Waals surface area contributed by atoms with Crippen molar-refractivity contribution >= 4 is 27.5 Å². The SMILES string of the molecule is CCC(Cl)c1cn(-c2cc(F)c(Br)cc2C)nn1. The van der Waals surface area contributed by atoms with Gasteiger partial charge in [0.1, 0.15) is 11.5 Å². The number of nitrogens with zero attached hydrogens (tertiary/aromatic N) is 3. The third kappa shape index (κ3) is 2.57. The summed E-state index contributed by atoms with van der Waals surface area (Å²) in [5.74, 6) is -0.328. The fourth-order valence-corrected chi connectivity index (χ4v) is 2.19. The van der Waals surface area contributed by atoms with Gasteiger partial charge < -0.3 is 0 Å². The van der Waals surface area contributed by atoms with Crippen LogP contribution >= 0.6 is 27.5 Å². The minimum absolute atomic E-state index is 0.167. The van der Waals surface area contributed by atoms with Crippen molar-refractivity contribution in [2.45, 2.75) is 25.6 Å². The molecule has 0 aliphatic heterocycles. The molecule has 96 valence electrons. The monoisotopic (exact) mass is 331 g/mol. The lowest BCUT2D eigenvalue weighted by atomic mass is 10.2. The van der Waals surface area contributed by atoms with Gasteiger partial charge in [0.25, 0.3) is 0 Å². The summed E-state index contributed by atoms with van der Waals surface area (Å²) in [4.78, 5) is 0. The maximum atomic E-state index is 13.5. The fraction of sp³-hybridized carbons (Fsp3) is 0.333. The normalized spacial score (nSPS) is 12.7. The average Bonchev–Trinajstić information content (AvgIpc) is 2.82. The summed E-state index contributed by atoms with van der Waals surface area (Å²) in [6, 6.07) is 3.14. The van der Waals surface area contributed by atoms with Crippen LogP contribution < -0.4 is 0 Å². The molecule has 0 N–H and O–H groups in total. The van der Waals surface area contributed by atoms with Crippen molar-refractivity contribution in [3.63, 3.8) is 0 Å². The second kappa shape index (κ2) is 5.36. The van der Waals surface area contributed by atoms with Gasteiger partial charge in [0.05, 0.1) is 21.7 Å². The van der Waals surface area contributed by atoms with E-state index >= 15 is 0 Å². The number of aromatic nitrogens is 3. The summed E-state index contributed by atoms with van der Waals surface area (Å²) < 4.78 is 15.5. The molecule has 0 spiro atoms. The van der Waals surface area contributed by atoms with Crippen molar-refractivity contribution < 1.29 is 4.39 Å². The van der Waals surface area contributed by atoms with Gasteiger partial charge in [0, 0.05) is 6.07 Å². The summed E-state index contributed by atoms with van der Waals surface area (Å²) >= 11 is 9.24. The lowest BCUT2D eigenvalue weighted by Crippen LogP contribution is -1.99. The Bertz CT molecular complexity index is 570. The van der Waals surface area contributed by atoms with Crippen LogP contribution in [0.1, 0.15) is 30.0 Å². The first-order chi connectivity index (χ1) is 8.52. The maximum Gasteiger partial charge on any atom is 0.139 e. The van der Waals surface area contributed by atoms with Crippen LogP contribution in [0.15, 0.2) is 22.8 Å². The highest BCUT2D eigenvalue weighted by atomic mass is 79.9. The molecule has 1 aromatic heterocycles. The zero-order chi connectivity index (χ0) is 13.3. The van der Waals surface area contributed by atoms with E-state index in [2.05, 4.69) is 26.2 Å². The number of alkyl halides is 1. The van der Waals surface area contributed by atoms with Crippen LogP contribution in [0.3, 0.4) is 0 Å². The van der Waals surface area contributed by atoms with E-state index in [0.29, 0.717) is 15.9 Å². The third-order valence-electron chi connectivity index (χ3n) is 2.68. The Morgan fingerprint density at radius 2 is 2.22 bits per heavy atom. The summed E-state index contributed by atoms with van der Waals surface area (Å²) in [6.07, 6.45) is 2.50. The van der Waals surface area contributed by atoms with Crippen molar-refractivity contribution in [3.05, 3.63) is 39.9 Å². The predicted molar refractivity (Wildman–Crippen MR) is 72.6 cm³/mol. The van der Waals surface area contributed by atoms with E-state index in [1.807, 2.05) is 13.8 Å². The first kappa shape index (κ1) is 13.5. The second-order valence-electron chi connectivity index (χ2n) is 4.02. The van der Waals surface area contributed by atoms with Gasteiger partial charge in [0.15, 0.2) is 0 Å². The van der Waals surface area contributed by atoms with Gasteiger partial charge in [-0.15, -0.1) is 16.7 Å². The Hall–Kier alpha value is -0.940. The molecule has 0 amide bonds. The van der Waals surface area contributed by atoms with E-state index in [9.17, 15) is 4.39 Å². The summed E-state index contributed by atoms with van der Waals surface area (Å²) in [5, 5.41) is 7.82. The molecule has 0 aliphatic carbocycles. The van der Waals surface area contributed by atoms with Gasteiger partial charge in [-0.2, -0.15) is 0 Å². The standard InChI is InChI=1S/C12H12BrClFN3/c1-3-9(14)11-6-18(17-16-11)12-5-10(15)8(13)4-7(12)2/h4-6,9H,3H2,1-2H3. The van der Waals surface area contributed by atoms with E-state index in [1.54, 1.807) is 16.9 Å². The van der Waals surface area contributed by atoms with E-state index < -0.39 is 0 Å². The largest absolute Gasteiger partial charge is 0.220 e. The van der Waals surface area contributed by atoms with E-state index in [1.165, 1.54) is 6.07 Å². The Balaban J connectivity index is 2.43. The number of hydrogen-bond acceptors (Lipinski definition) is 2. The first-order valence-corrected chi connectivity index (χ1v) is 6.78. The Labute approximate surface area is 118 Å². The van der Waals surface area contributed by atoms with Crippen LogP contribution in [0.4, 0.5) is 4.39 Å². The number of halogens is 3. The molecule has 3 nitrogen and oxygen atoms in total. The molecule has 2 rings (SSSR count). The van der Waals surface area contributed by atoms with Gasteiger partial charge in [-0.1, -0.05) is 12.1 Å². The molecule has 0 aliphatic rings.